The Labute approximate surface area is 140 Å². The van der Waals surface area contributed by atoms with E-state index in [4.69, 9.17) is 0 Å². The van der Waals surface area contributed by atoms with Crippen molar-refractivity contribution in [1.82, 2.24) is 9.78 Å². The molecule has 23 heavy (non-hydrogen) atoms. The van der Waals surface area contributed by atoms with Crippen molar-refractivity contribution in [3.8, 4) is 5.69 Å². The van der Waals surface area contributed by atoms with Crippen LogP contribution in [0, 0.1) is 0 Å². The lowest BCUT2D eigenvalue weighted by molar-refractivity contribution is 0.0871. The van der Waals surface area contributed by atoms with Gasteiger partial charge in [0.1, 0.15) is 0 Å². The van der Waals surface area contributed by atoms with Crippen LogP contribution >= 0.6 is 15.9 Å². The number of carbonyl (C=O) groups excluding carboxylic acids is 2. The van der Waals surface area contributed by atoms with E-state index in [1.165, 1.54) is 0 Å². The minimum Gasteiger partial charge on any atom is -0.292 e. The molecular formula is C18H11BrN2O2. The number of hydrogen-bond acceptors (Lipinski definition) is 3. The number of carbonyl (C=O) groups is 2. The first kappa shape index (κ1) is 14.1. The van der Waals surface area contributed by atoms with E-state index in [9.17, 15) is 9.59 Å². The second-order valence-electron chi connectivity index (χ2n) is 5.37. The average Bonchev–Trinajstić information content (AvgIpc) is 3.17. The van der Waals surface area contributed by atoms with Gasteiger partial charge in [-0.15, -0.1) is 0 Å². The second kappa shape index (κ2) is 4.99. The van der Waals surface area contributed by atoms with Crippen LogP contribution in [0.5, 0.6) is 0 Å². The van der Waals surface area contributed by atoms with Crippen molar-refractivity contribution in [3.05, 3.63) is 83.7 Å². The van der Waals surface area contributed by atoms with Gasteiger partial charge in [-0.2, -0.15) is 5.10 Å². The van der Waals surface area contributed by atoms with Gasteiger partial charge in [-0.1, -0.05) is 58.4 Å². The third-order valence-electron chi connectivity index (χ3n) is 4.04. The summed E-state index contributed by atoms with van der Waals surface area (Å²) in [5.74, 6) is -0.489. The summed E-state index contributed by atoms with van der Waals surface area (Å²) >= 11 is 3.40. The summed E-state index contributed by atoms with van der Waals surface area (Å²) < 4.78 is 0.269. The molecule has 0 saturated carbocycles. The maximum atomic E-state index is 12.8. The lowest BCUT2D eigenvalue weighted by Crippen LogP contribution is -2.31. The van der Waals surface area contributed by atoms with E-state index in [1.54, 1.807) is 41.3 Å². The summed E-state index contributed by atoms with van der Waals surface area (Å²) in [4.78, 5) is 25.5. The summed E-state index contributed by atoms with van der Waals surface area (Å²) in [7, 11) is 0. The number of ketones is 2. The van der Waals surface area contributed by atoms with Gasteiger partial charge in [-0.25, -0.2) is 4.68 Å². The Morgan fingerprint density at radius 1 is 0.870 bits per heavy atom. The minimum absolute atomic E-state index is 0.245. The van der Waals surface area contributed by atoms with Gasteiger partial charge in [-0.05, 0) is 12.1 Å². The molecule has 0 amide bonds. The van der Waals surface area contributed by atoms with Crippen molar-refractivity contribution in [2.24, 2.45) is 0 Å². The van der Waals surface area contributed by atoms with Crippen LogP contribution in [0.3, 0.4) is 0 Å². The zero-order valence-corrected chi connectivity index (χ0v) is 13.5. The predicted molar refractivity (Wildman–Crippen MR) is 89.3 cm³/mol. The molecule has 112 valence electrons. The highest BCUT2D eigenvalue weighted by atomic mass is 79.9. The van der Waals surface area contributed by atoms with Crippen LogP contribution in [0.2, 0.25) is 0 Å². The number of halogens is 1. The largest absolute Gasteiger partial charge is 0.292 e. The molecule has 0 aliphatic heterocycles. The number of para-hydroxylation sites is 1. The predicted octanol–water partition coefficient (Wildman–Crippen LogP) is 3.54. The minimum atomic E-state index is -1.39. The fourth-order valence-corrected chi connectivity index (χ4v) is 3.47. The van der Waals surface area contributed by atoms with Gasteiger partial charge in [0.15, 0.2) is 15.9 Å². The van der Waals surface area contributed by atoms with Crippen molar-refractivity contribution in [2.75, 3.05) is 0 Å². The maximum Gasteiger partial charge on any atom is 0.192 e. The van der Waals surface area contributed by atoms with Gasteiger partial charge < -0.3 is 0 Å². The molecular weight excluding hydrogens is 356 g/mol. The molecule has 5 heteroatoms. The average molecular weight is 367 g/mol. The van der Waals surface area contributed by atoms with Crippen LogP contribution in [0.1, 0.15) is 26.3 Å². The molecule has 0 saturated heterocycles. The van der Waals surface area contributed by atoms with Crippen molar-refractivity contribution in [1.29, 1.82) is 0 Å². The first-order valence-electron chi connectivity index (χ1n) is 7.10. The standard InChI is InChI=1S/C18H11BrN2O2/c19-18(16(22)14-8-4-5-9-15(14)17(18)23)12-10-20-21(11-12)13-6-2-1-3-7-13/h1-11H. The Kier molecular flexibility index (Phi) is 3.06. The molecule has 0 fully saturated rings. The van der Waals surface area contributed by atoms with Gasteiger partial charge in [0, 0.05) is 22.9 Å². The van der Waals surface area contributed by atoms with Crippen LogP contribution in [0.4, 0.5) is 0 Å². The number of aromatic nitrogens is 2. The van der Waals surface area contributed by atoms with Gasteiger partial charge >= 0.3 is 0 Å². The Bertz CT molecular complexity index is 896. The van der Waals surface area contributed by atoms with Gasteiger partial charge in [-0.3, -0.25) is 9.59 Å². The number of alkyl halides is 1. The Hall–Kier alpha value is -2.53. The van der Waals surface area contributed by atoms with Gasteiger partial charge in [0.25, 0.3) is 0 Å². The normalized spacial score (nSPS) is 15.7. The lowest BCUT2D eigenvalue weighted by Gasteiger charge is -2.15. The SMILES string of the molecule is O=C1c2ccccc2C(=O)C1(Br)c1cnn(-c2ccccc2)c1. The molecule has 3 aromatic rings. The summed E-state index contributed by atoms with van der Waals surface area (Å²) in [5, 5.41) is 4.29. The van der Waals surface area contributed by atoms with E-state index in [0.717, 1.165) is 5.69 Å². The quantitative estimate of drug-likeness (QED) is 0.514. The number of fused-ring (bicyclic) bond motifs is 1. The van der Waals surface area contributed by atoms with E-state index in [2.05, 4.69) is 21.0 Å². The Balaban J connectivity index is 1.81. The fourth-order valence-electron chi connectivity index (χ4n) is 2.84. The summed E-state index contributed by atoms with van der Waals surface area (Å²) in [6, 6.07) is 16.4. The number of benzene rings is 2. The molecule has 0 N–H and O–H groups in total. The highest BCUT2D eigenvalue weighted by Gasteiger charge is 2.53. The van der Waals surface area contributed by atoms with E-state index in [-0.39, 0.29) is 11.6 Å². The third-order valence-corrected chi connectivity index (χ3v) is 5.22. The van der Waals surface area contributed by atoms with Crippen LogP contribution < -0.4 is 0 Å². The number of Topliss-reactive ketones (excluding diaryl/α,β-unsaturated/α-hetero) is 2. The van der Waals surface area contributed by atoms with E-state index < -0.39 is 4.32 Å². The molecule has 4 nitrogen and oxygen atoms in total. The van der Waals surface area contributed by atoms with Crippen molar-refractivity contribution < 1.29 is 9.59 Å². The molecule has 1 aliphatic carbocycles. The summed E-state index contributed by atoms with van der Waals surface area (Å²) in [6.07, 6.45) is 3.27. The molecule has 4 rings (SSSR count). The van der Waals surface area contributed by atoms with Gasteiger partial charge in [0.2, 0.25) is 0 Å². The number of hydrogen-bond donors (Lipinski definition) is 0. The smallest absolute Gasteiger partial charge is 0.192 e. The highest BCUT2D eigenvalue weighted by molar-refractivity contribution is 9.10. The topological polar surface area (TPSA) is 52.0 Å². The van der Waals surface area contributed by atoms with E-state index in [1.807, 2.05) is 30.3 Å². The van der Waals surface area contributed by atoms with Crippen LogP contribution in [-0.4, -0.2) is 21.3 Å². The second-order valence-corrected chi connectivity index (χ2v) is 6.56. The highest BCUT2D eigenvalue weighted by Crippen LogP contribution is 2.44. The summed E-state index contributed by atoms with van der Waals surface area (Å²) in [5.41, 5.74) is 2.29. The fraction of sp³-hybridized carbons (Fsp3) is 0.0556. The molecule has 0 radical (unpaired) electrons. The molecule has 0 bridgehead atoms. The first-order chi connectivity index (χ1) is 11.1. The molecule has 1 heterocycles. The van der Waals surface area contributed by atoms with Crippen LogP contribution in [0.15, 0.2) is 67.0 Å². The molecule has 0 atom stereocenters. The Morgan fingerprint density at radius 3 is 2.04 bits per heavy atom. The van der Waals surface area contributed by atoms with Crippen molar-refractivity contribution >= 4 is 27.5 Å². The molecule has 0 spiro atoms. The molecule has 2 aromatic carbocycles. The number of nitrogens with zero attached hydrogens (tertiary/aromatic N) is 2. The summed E-state index contributed by atoms with van der Waals surface area (Å²) in [6.45, 7) is 0. The van der Waals surface area contributed by atoms with Crippen LogP contribution in [0.25, 0.3) is 5.69 Å². The van der Waals surface area contributed by atoms with Gasteiger partial charge in [0.05, 0.1) is 11.9 Å². The Morgan fingerprint density at radius 2 is 1.43 bits per heavy atom. The van der Waals surface area contributed by atoms with Crippen molar-refractivity contribution in [2.45, 2.75) is 4.32 Å². The lowest BCUT2D eigenvalue weighted by atomic mass is 9.97. The van der Waals surface area contributed by atoms with Crippen molar-refractivity contribution in [3.63, 3.8) is 0 Å². The maximum absolute atomic E-state index is 12.8. The molecule has 1 aliphatic rings. The zero-order valence-electron chi connectivity index (χ0n) is 11.9. The first-order valence-corrected chi connectivity index (χ1v) is 7.90. The third kappa shape index (κ3) is 1.93. The van der Waals surface area contributed by atoms with Crippen LogP contribution in [-0.2, 0) is 4.32 Å². The zero-order chi connectivity index (χ0) is 16.0. The monoisotopic (exact) mass is 366 g/mol. The molecule has 1 aromatic heterocycles. The van der Waals surface area contributed by atoms with E-state index in [0.29, 0.717) is 16.7 Å². The number of rotatable bonds is 2. The molecule has 0 unspecified atom stereocenters. The van der Waals surface area contributed by atoms with E-state index >= 15 is 0 Å².